The third-order valence-electron chi connectivity index (χ3n) is 9.20. The molecule has 0 saturated carbocycles. The molecule has 0 aliphatic rings. The van der Waals surface area contributed by atoms with Crippen molar-refractivity contribution in [3.63, 3.8) is 0 Å². The molecule has 59 heavy (non-hydrogen) atoms. The molecular formula is C55H56O4. The van der Waals surface area contributed by atoms with Crippen molar-refractivity contribution in [2.75, 3.05) is 0 Å². The normalized spacial score (nSPS) is 10.1. The van der Waals surface area contributed by atoms with Gasteiger partial charge in [-0.15, -0.1) is 0 Å². The average molecular weight is 781 g/mol. The van der Waals surface area contributed by atoms with Crippen molar-refractivity contribution >= 4 is 5.78 Å². The molecule has 8 aromatic carbocycles. The first-order valence-corrected chi connectivity index (χ1v) is 18.9. The van der Waals surface area contributed by atoms with Crippen LogP contribution in [0.15, 0.2) is 243 Å². The van der Waals surface area contributed by atoms with Gasteiger partial charge < -0.3 is 15.3 Å². The zero-order valence-corrected chi connectivity index (χ0v) is 32.0. The molecule has 4 heteroatoms. The van der Waals surface area contributed by atoms with Crippen molar-refractivity contribution in [2.45, 2.75) is 39.6 Å². The number of aliphatic hydroxyl groups excluding tert-OH is 2. The Labute approximate surface area is 351 Å². The highest BCUT2D eigenvalue weighted by Gasteiger charge is 2.24. The highest BCUT2D eigenvalue weighted by atomic mass is 16.3. The fourth-order valence-electron chi connectivity index (χ4n) is 5.96. The number of carbonyl (C=O) groups excluding carboxylic acids is 1. The lowest BCUT2D eigenvalue weighted by molar-refractivity contribution is 0.102. The van der Waals surface area contributed by atoms with Crippen LogP contribution in [-0.4, -0.2) is 21.1 Å². The van der Waals surface area contributed by atoms with Crippen molar-refractivity contribution in [1.29, 1.82) is 0 Å². The van der Waals surface area contributed by atoms with E-state index >= 15 is 0 Å². The van der Waals surface area contributed by atoms with Gasteiger partial charge in [-0.3, -0.25) is 4.79 Å². The molecule has 0 amide bonds. The van der Waals surface area contributed by atoms with Crippen LogP contribution in [0.3, 0.4) is 0 Å². The van der Waals surface area contributed by atoms with Crippen LogP contribution >= 0.6 is 0 Å². The second kappa shape index (κ2) is 24.8. The fourth-order valence-corrected chi connectivity index (χ4v) is 5.96. The van der Waals surface area contributed by atoms with E-state index in [1.807, 2.05) is 250 Å². The molecule has 0 unspecified atom stereocenters. The van der Waals surface area contributed by atoms with Gasteiger partial charge in [-0.1, -0.05) is 258 Å². The van der Waals surface area contributed by atoms with Gasteiger partial charge in [-0.05, 0) is 40.3 Å². The van der Waals surface area contributed by atoms with Gasteiger partial charge in [-0.25, -0.2) is 0 Å². The third-order valence-corrected chi connectivity index (χ3v) is 9.20. The Morgan fingerprint density at radius 3 is 0.763 bits per heavy atom. The number of hydrogen-bond acceptors (Lipinski definition) is 4. The molecule has 0 aliphatic heterocycles. The van der Waals surface area contributed by atoms with Crippen LogP contribution in [0.1, 0.15) is 83.3 Å². The quantitative estimate of drug-likeness (QED) is 0.134. The maximum Gasteiger partial charge on any atom is 0.193 e. The van der Waals surface area contributed by atoms with Crippen LogP contribution < -0.4 is 0 Å². The number of carbonyl (C=O) groups is 1. The Hall–Kier alpha value is -6.69. The minimum atomic E-state index is -0.914. The van der Waals surface area contributed by atoms with Crippen LogP contribution in [0.2, 0.25) is 0 Å². The van der Waals surface area contributed by atoms with E-state index in [9.17, 15) is 20.1 Å². The van der Waals surface area contributed by atoms with E-state index in [4.69, 9.17) is 0 Å². The molecule has 0 spiro atoms. The maximum atomic E-state index is 11.8. The van der Waals surface area contributed by atoms with Crippen LogP contribution in [0, 0.1) is 0 Å². The first kappa shape index (κ1) is 46.7. The fraction of sp³-hybridized carbons (Fsp3) is 0.109. The first-order valence-electron chi connectivity index (χ1n) is 18.9. The van der Waals surface area contributed by atoms with Crippen molar-refractivity contribution in [2.24, 2.45) is 0 Å². The molecule has 8 aromatic rings. The summed E-state index contributed by atoms with van der Waals surface area (Å²) < 4.78 is 0. The van der Waals surface area contributed by atoms with E-state index in [-0.39, 0.29) is 20.6 Å². The number of ketones is 1. The molecule has 0 aromatic heterocycles. The largest absolute Gasteiger partial charge is 0.384 e. The molecular weight excluding hydrogens is 725 g/mol. The Balaban J connectivity index is 0.000000208. The Bertz CT molecular complexity index is 2020. The lowest BCUT2D eigenvalue weighted by Gasteiger charge is -2.24. The summed E-state index contributed by atoms with van der Waals surface area (Å²) in [6, 6.07) is 76.7. The van der Waals surface area contributed by atoms with Crippen LogP contribution in [0.5, 0.6) is 0 Å². The van der Waals surface area contributed by atoms with E-state index < -0.39 is 17.8 Å². The summed E-state index contributed by atoms with van der Waals surface area (Å²) in [7, 11) is 0. The van der Waals surface area contributed by atoms with Gasteiger partial charge in [-0.2, -0.15) is 0 Å². The summed E-state index contributed by atoms with van der Waals surface area (Å²) in [6.07, 6.45) is -1.03. The van der Waals surface area contributed by atoms with Crippen molar-refractivity contribution in [3.05, 3.63) is 287 Å². The Morgan fingerprint density at radius 1 is 0.356 bits per heavy atom. The van der Waals surface area contributed by atoms with Gasteiger partial charge in [0.2, 0.25) is 0 Å². The van der Waals surface area contributed by atoms with E-state index in [2.05, 4.69) is 0 Å². The lowest BCUT2D eigenvalue weighted by Crippen LogP contribution is -2.22. The van der Waals surface area contributed by atoms with Gasteiger partial charge in [0.05, 0.1) is 0 Å². The highest BCUT2D eigenvalue weighted by Crippen LogP contribution is 2.28. The highest BCUT2D eigenvalue weighted by molar-refractivity contribution is 6.08. The van der Waals surface area contributed by atoms with Crippen molar-refractivity contribution < 1.29 is 20.1 Å². The predicted molar refractivity (Wildman–Crippen MR) is 245 cm³/mol. The molecule has 300 valence electrons. The maximum absolute atomic E-state index is 11.8. The molecule has 3 N–H and O–H groups in total. The molecule has 8 rings (SSSR count). The molecule has 0 saturated heterocycles. The van der Waals surface area contributed by atoms with Crippen molar-refractivity contribution in [3.8, 4) is 0 Å². The predicted octanol–water partition coefficient (Wildman–Crippen LogP) is 12.7. The molecule has 0 heterocycles. The third kappa shape index (κ3) is 14.3. The Kier molecular flexibility index (Phi) is 19.7. The van der Waals surface area contributed by atoms with Gasteiger partial charge in [0, 0.05) is 11.1 Å². The number of benzene rings is 8. The molecule has 0 atom stereocenters. The molecule has 4 nitrogen and oxygen atoms in total. The second-order valence-electron chi connectivity index (χ2n) is 13.3. The lowest BCUT2D eigenvalue weighted by atomic mass is 9.88. The molecule has 0 fully saturated rings. The van der Waals surface area contributed by atoms with Crippen LogP contribution in [0.4, 0.5) is 0 Å². The van der Waals surface area contributed by atoms with Gasteiger partial charge >= 0.3 is 0 Å². The number of hydrogen-bond donors (Lipinski definition) is 3. The molecule has 0 aliphatic carbocycles. The first-order chi connectivity index (χ1) is 27.8. The van der Waals surface area contributed by atoms with Gasteiger partial charge in [0.1, 0.15) is 17.8 Å². The van der Waals surface area contributed by atoms with E-state index in [0.717, 1.165) is 44.5 Å². The van der Waals surface area contributed by atoms with E-state index in [1.165, 1.54) is 0 Å². The minimum Gasteiger partial charge on any atom is -0.384 e. The Morgan fingerprint density at radius 2 is 0.542 bits per heavy atom. The van der Waals surface area contributed by atoms with E-state index in [0.29, 0.717) is 0 Å². The SMILES string of the molecule is C.C.CC(O)(c1ccccc1)c1ccccc1.O=C(c1ccccc1)c1ccccc1.OC(c1ccccc1)c1ccccc1.OC(c1ccccc1)c1ccccc1. The summed E-state index contributed by atoms with van der Waals surface area (Å²) in [5, 5.41) is 30.4. The molecule has 0 bridgehead atoms. The number of rotatable bonds is 8. The van der Waals surface area contributed by atoms with Gasteiger partial charge in [0.25, 0.3) is 0 Å². The van der Waals surface area contributed by atoms with Gasteiger partial charge in [0.15, 0.2) is 5.78 Å². The molecule has 0 radical (unpaired) electrons. The summed E-state index contributed by atoms with van der Waals surface area (Å²) in [5.74, 6) is 0.0752. The average Bonchev–Trinajstić information content (AvgIpc) is 3.31. The monoisotopic (exact) mass is 780 g/mol. The topological polar surface area (TPSA) is 77.8 Å². The standard InChI is InChI=1S/C14H14O.2C13H12O.C13H10O.2CH4/c1-14(15,12-8-4-2-5-9-12)13-10-6-3-7-11-13;3*14-13(11-7-3-1-4-8-11)12-9-5-2-6-10-12;;/h2-11,15H,1H3;2*1-10,13-14H;1-10H;2*1H4. The smallest absolute Gasteiger partial charge is 0.193 e. The zero-order chi connectivity index (χ0) is 40.1. The van der Waals surface area contributed by atoms with Crippen LogP contribution in [-0.2, 0) is 5.60 Å². The number of aliphatic hydroxyl groups is 3. The van der Waals surface area contributed by atoms with Crippen molar-refractivity contribution in [1.82, 2.24) is 0 Å². The second-order valence-corrected chi connectivity index (χ2v) is 13.3. The van der Waals surface area contributed by atoms with E-state index in [1.54, 1.807) is 0 Å². The minimum absolute atomic E-state index is 0. The van der Waals surface area contributed by atoms with Crippen LogP contribution in [0.25, 0.3) is 0 Å². The zero-order valence-electron chi connectivity index (χ0n) is 32.0. The summed E-state index contributed by atoms with van der Waals surface area (Å²) in [5.41, 5.74) is 6.10. The summed E-state index contributed by atoms with van der Waals surface area (Å²) >= 11 is 0. The summed E-state index contributed by atoms with van der Waals surface area (Å²) in [6.45, 7) is 1.82. The summed E-state index contributed by atoms with van der Waals surface area (Å²) in [4.78, 5) is 11.8.